The maximum Gasteiger partial charge on any atom is 0.242 e. The summed E-state index contributed by atoms with van der Waals surface area (Å²) in [7, 11) is -3.64. The Bertz CT molecular complexity index is 773. The molecule has 0 bridgehead atoms. The maximum atomic E-state index is 12.8. The molecular formula is C16H17NO3S2. The van der Waals surface area contributed by atoms with Crippen LogP contribution in [0.25, 0.3) is 0 Å². The number of benzene rings is 1. The number of aryl methyl sites for hydroxylation is 1. The molecule has 4 nitrogen and oxygen atoms in total. The van der Waals surface area contributed by atoms with E-state index in [0.717, 1.165) is 10.4 Å². The van der Waals surface area contributed by atoms with E-state index in [1.807, 2.05) is 24.4 Å². The average molecular weight is 335 g/mol. The summed E-state index contributed by atoms with van der Waals surface area (Å²) in [6, 6.07) is 10.5. The van der Waals surface area contributed by atoms with E-state index in [9.17, 15) is 13.2 Å². The highest BCUT2D eigenvalue weighted by Crippen LogP contribution is 2.47. The van der Waals surface area contributed by atoms with Gasteiger partial charge in [0.2, 0.25) is 5.91 Å². The maximum absolute atomic E-state index is 12.8. The zero-order valence-electron chi connectivity index (χ0n) is 12.2. The van der Waals surface area contributed by atoms with E-state index in [1.54, 1.807) is 24.3 Å². The molecule has 0 radical (unpaired) electrons. The molecule has 22 heavy (non-hydrogen) atoms. The minimum Gasteiger partial charge on any atom is -0.350 e. The Hall–Kier alpha value is -1.66. The number of hydrogen-bond acceptors (Lipinski definition) is 4. The van der Waals surface area contributed by atoms with Gasteiger partial charge in [-0.05, 0) is 43.3 Å². The second kappa shape index (κ2) is 5.52. The van der Waals surface area contributed by atoms with Crippen LogP contribution in [-0.4, -0.2) is 19.1 Å². The molecule has 1 aromatic carbocycles. The van der Waals surface area contributed by atoms with Crippen molar-refractivity contribution >= 4 is 27.1 Å². The predicted octanol–water partition coefficient (Wildman–Crippen LogP) is 2.68. The lowest BCUT2D eigenvalue weighted by Gasteiger charge is -2.16. The molecule has 1 saturated carbocycles. The Morgan fingerprint density at radius 3 is 2.45 bits per heavy atom. The average Bonchev–Trinajstić information content (AvgIpc) is 3.17. The number of carbonyl (C=O) groups is 1. The van der Waals surface area contributed by atoms with E-state index in [4.69, 9.17) is 0 Å². The van der Waals surface area contributed by atoms with Crippen LogP contribution in [0.4, 0.5) is 0 Å². The molecule has 2 aromatic rings. The number of nitrogens with one attached hydrogen (secondary N) is 1. The fourth-order valence-corrected chi connectivity index (χ4v) is 4.96. The summed E-state index contributed by atoms with van der Waals surface area (Å²) in [6.07, 6.45) is 0.777. The Labute approximate surface area is 134 Å². The molecule has 0 spiro atoms. The Morgan fingerprint density at radius 1 is 1.23 bits per heavy atom. The van der Waals surface area contributed by atoms with Gasteiger partial charge in [-0.25, -0.2) is 8.42 Å². The van der Waals surface area contributed by atoms with Gasteiger partial charge in [0, 0.05) is 4.88 Å². The smallest absolute Gasteiger partial charge is 0.242 e. The summed E-state index contributed by atoms with van der Waals surface area (Å²) in [4.78, 5) is 13.7. The number of sulfone groups is 1. The molecule has 0 atom stereocenters. The van der Waals surface area contributed by atoms with Crippen LogP contribution in [-0.2, 0) is 21.2 Å². The summed E-state index contributed by atoms with van der Waals surface area (Å²) in [6.45, 7) is 2.28. The molecule has 1 fully saturated rings. The van der Waals surface area contributed by atoms with Crippen LogP contribution in [0, 0.1) is 6.92 Å². The minimum absolute atomic E-state index is 0.224. The Balaban J connectivity index is 1.80. The highest BCUT2D eigenvalue weighted by Gasteiger charge is 2.61. The summed E-state index contributed by atoms with van der Waals surface area (Å²) >= 11 is 1.54. The number of rotatable bonds is 5. The molecule has 1 aromatic heterocycles. The quantitative estimate of drug-likeness (QED) is 0.914. The van der Waals surface area contributed by atoms with Gasteiger partial charge in [0.25, 0.3) is 0 Å². The lowest BCUT2D eigenvalue weighted by molar-refractivity contribution is -0.121. The van der Waals surface area contributed by atoms with Crippen molar-refractivity contribution < 1.29 is 13.2 Å². The first kappa shape index (κ1) is 15.2. The third kappa shape index (κ3) is 2.57. The van der Waals surface area contributed by atoms with Crippen molar-refractivity contribution in [3.63, 3.8) is 0 Å². The lowest BCUT2D eigenvalue weighted by Crippen LogP contribution is -2.41. The van der Waals surface area contributed by atoms with E-state index >= 15 is 0 Å². The van der Waals surface area contributed by atoms with Crippen LogP contribution >= 0.6 is 11.3 Å². The zero-order chi connectivity index (χ0) is 15.8. The second-order valence-electron chi connectivity index (χ2n) is 5.57. The topological polar surface area (TPSA) is 63.2 Å². The number of thiophene rings is 1. The predicted molar refractivity (Wildman–Crippen MR) is 86.5 cm³/mol. The van der Waals surface area contributed by atoms with Gasteiger partial charge in [-0.1, -0.05) is 23.8 Å². The van der Waals surface area contributed by atoms with E-state index in [0.29, 0.717) is 19.4 Å². The van der Waals surface area contributed by atoms with Crippen molar-refractivity contribution in [2.24, 2.45) is 0 Å². The van der Waals surface area contributed by atoms with Crippen molar-refractivity contribution in [3.05, 3.63) is 52.2 Å². The first-order valence-corrected chi connectivity index (χ1v) is 9.44. The minimum atomic E-state index is -3.64. The van der Waals surface area contributed by atoms with Gasteiger partial charge in [-0.3, -0.25) is 4.79 Å². The van der Waals surface area contributed by atoms with Crippen LogP contribution in [0.5, 0.6) is 0 Å². The van der Waals surface area contributed by atoms with Crippen molar-refractivity contribution in [3.8, 4) is 0 Å². The first-order chi connectivity index (χ1) is 10.5. The third-order valence-electron chi connectivity index (χ3n) is 3.97. The van der Waals surface area contributed by atoms with Crippen LogP contribution in [0.1, 0.15) is 23.3 Å². The van der Waals surface area contributed by atoms with Gasteiger partial charge < -0.3 is 5.32 Å². The Morgan fingerprint density at radius 2 is 1.91 bits per heavy atom. The molecule has 1 heterocycles. The van der Waals surface area contributed by atoms with Crippen molar-refractivity contribution in [2.75, 3.05) is 0 Å². The lowest BCUT2D eigenvalue weighted by atomic mass is 10.2. The first-order valence-electron chi connectivity index (χ1n) is 7.08. The normalized spacial score (nSPS) is 16.2. The molecule has 3 rings (SSSR count). The summed E-state index contributed by atoms with van der Waals surface area (Å²) in [5, 5.41) is 4.70. The summed E-state index contributed by atoms with van der Waals surface area (Å²) < 4.78 is 24.3. The number of amides is 1. The third-order valence-corrected chi connectivity index (χ3v) is 7.36. The molecule has 1 amide bonds. The van der Waals surface area contributed by atoms with Crippen LogP contribution in [0.2, 0.25) is 0 Å². The standard InChI is InChI=1S/C16H17NO3S2/c1-12-4-6-14(7-5-12)22(19,20)16(8-9-16)15(18)17-11-13-3-2-10-21-13/h2-7,10H,8-9,11H2,1H3,(H,17,18). The summed E-state index contributed by atoms with van der Waals surface area (Å²) in [5.74, 6) is -0.388. The fourth-order valence-electron chi connectivity index (χ4n) is 2.42. The van der Waals surface area contributed by atoms with Crippen LogP contribution < -0.4 is 5.32 Å². The van der Waals surface area contributed by atoms with E-state index in [1.165, 1.54) is 11.3 Å². The molecule has 1 N–H and O–H groups in total. The Kier molecular flexibility index (Phi) is 3.82. The van der Waals surface area contributed by atoms with Gasteiger partial charge in [0.15, 0.2) is 14.6 Å². The van der Waals surface area contributed by atoms with Gasteiger partial charge in [0.1, 0.15) is 0 Å². The van der Waals surface area contributed by atoms with Crippen LogP contribution in [0.15, 0.2) is 46.7 Å². The molecule has 0 aliphatic heterocycles. The van der Waals surface area contributed by atoms with Gasteiger partial charge in [0.05, 0.1) is 11.4 Å². The molecule has 1 aliphatic carbocycles. The molecule has 116 valence electrons. The van der Waals surface area contributed by atoms with Crippen molar-refractivity contribution in [2.45, 2.75) is 36.0 Å². The van der Waals surface area contributed by atoms with Gasteiger partial charge in [-0.2, -0.15) is 0 Å². The van der Waals surface area contributed by atoms with Gasteiger partial charge >= 0.3 is 0 Å². The van der Waals surface area contributed by atoms with Crippen LogP contribution in [0.3, 0.4) is 0 Å². The highest BCUT2D eigenvalue weighted by molar-refractivity contribution is 7.94. The fraction of sp³-hybridized carbons (Fsp3) is 0.312. The zero-order valence-corrected chi connectivity index (χ0v) is 13.8. The molecule has 6 heteroatoms. The molecule has 0 saturated heterocycles. The highest BCUT2D eigenvalue weighted by atomic mass is 32.2. The number of carbonyl (C=O) groups excluding carboxylic acids is 1. The van der Waals surface area contributed by atoms with Crippen molar-refractivity contribution in [1.82, 2.24) is 5.32 Å². The van der Waals surface area contributed by atoms with Crippen molar-refractivity contribution in [1.29, 1.82) is 0 Å². The second-order valence-corrected chi connectivity index (χ2v) is 8.86. The summed E-state index contributed by atoms with van der Waals surface area (Å²) in [5.41, 5.74) is 0.992. The monoisotopic (exact) mass is 335 g/mol. The van der Waals surface area contributed by atoms with E-state index < -0.39 is 14.6 Å². The van der Waals surface area contributed by atoms with E-state index in [2.05, 4.69) is 5.32 Å². The van der Waals surface area contributed by atoms with E-state index in [-0.39, 0.29) is 10.8 Å². The largest absolute Gasteiger partial charge is 0.350 e. The molecular weight excluding hydrogens is 318 g/mol. The molecule has 1 aliphatic rings. The molecule has 0 unspecified atom stereocenters. The SMILES string of the molecule is Cc1ccc(S(=O)(=O)C2(C(=O)NCc3cccs3)CC2)cc1. The number of hydrogen-bond donors (Lipinski definition) is 1. The van der Waals surface area contributed by atoms with Gasteiger partial charge in [-0.15, -0.1) is 11.3 Å².